The number of benzene rings is 1. The van der Waals surface area contributed by atoms with Crippen molar-refractivity contribution >= 4 is 17.3 Å². The lowest BCUT2D eigenvalue weighted by molar-refractivity contribution is -0.384. The quantitative estimate of drug-likeness (QED) is 0.651. The second-order valence-electron chi connectivity index (χ2n) is 5.41. The van der Waals surface area contributed by atoms with Gasteiger partial charge in [0.05, 0.1) is 10.5 Å². The summed E-state index contributed by atoms with van der Waals surface area (Å²) in [6.45, 7) is 2.16. The third-order valence-electron chi connectivity index (χ3n) is 3.51. The van der Waals surface area contributed by atoms with E-state index in [4.69, 9.17) is 5.11 Å². The summed E-state index contributed by atoms with van der Waals surface area (Å²) in [5.41, 5.74) is -2.25. The number of carboxylic acid groups (broad SMARTS) is 1. The molecular formula is C13H15FN2O5. The van der Waals surface area contributed by atoms with Gasteiger partial charge in [0.25, 0.3) is 5.69 Å². The maximum absolute atomic E-state index is 13.8. The van der Waals surface area contributed by atoms with Gasteiger partial charge in [0.2, 0.25) is 0 Å². The van der Waals surface area contributed by atoms with Gasteiger partial charge in [0.1, 0.15) is 17.1 Å². The predicted octanol–water partition coefficient (Wildman–Crippen LogP) is 1.78. The topological polar surface area (TPSA) is 104 Å². The Labute approximate surface area is 119 Å². The summed E-state index contributed by atoms with van der Waals surface area (Å²) in [6.07, 6.45) is 1.15. The fourth-order valence-corrected chi connectivity index (χ4v) is 2.54. The van der Waals surface area contributed by atoms with E-state index in [1.54, 1.807) is 6.92 Å². The van der Waals surface area contributed by atoms with Gasteiger partial charge in [-0.1, -0.05) is 0 Å². The Morgan fingerprint density at radius 2 is 2.19 bits per heavy atom. The largest absolute Gasteiger partial charge is 0.478 e. The number of aromatic carboxylic acids is 1. The minimum Gasteiger partial charge on any atom is -0.478 e. The Hall–Kier alpha value is -2.22. The first-order chi connectivity index (χ1) is 9.71. The molecule has 1 aromatic carbocycles. The number of hydrogen-bond donors (Lipinski definition) is 2. The Balaban J connectivity index is 2.50. The minimum atomic E-state index is -1.56. The Morgan fingerprint density at radius 3 is 2.71 bits per heavy atom. The number of nitro benzene ring substituents is 1. The van der Waals surface area contributed by atoms with Crippen LogP contribution in [0.3, 0.4) is 0 Å². The third-order valence-corrected chi connectivity index (χ3v) is 3.51. The molecule has 0 saturated carbocycles. The molecule has 8 heteroatoms. The number of β-amino-alcohol motifs (C(OH)–C–C–N with tert-alkyl or cyclic N) is 1. The van der Waals surface area contributed by atoms with Gasteiger partial charge in [0.15, 0.2) is 0 Å². The van der Waals surface area contributed by atoms with Crippen LogP contribution in [0.25, 0.3) is 0 Å². The zero-order valence-electron chi connectivity index (χ0n) is 11.4. The van der Waals surface area contributed by atoms with Crippen molar-refractivity contribution in [3.8, 4) is 0 Å². The highest BCUT2D eigenvalue weighted by molar-refractivity contribution is 5.90. The zero-order chi connectivity index (χ0) is 15.8. The first-order valence-electron chi connectivity index (χ1n) is 6.40. The van der Waals surface area contributed by atoms with E-state index in [0.29, 0.717) is 19.4 Å². The van der Waals surface area contributed by atoms with Gasteiger partial charge in [0, 0.05) is 25.2 Å². The molecule has 1 saturated heterocycles. The van der Waals surface area contributed by atoms with Gasteiger partial charge in [-0.05, 0) is 19.8 Å². The van der Waals surface area contributed by atoms with Crippen molar-refractivity contribution in [1.82, 2.24) is 0 Å². The molecule has 21 heavy (non-hydrogen) atoms. The van der Waals surface area contributed by atoms with Crippen LogP contribution in [0.1, 0.15) is 30.1 Å². The van der Waals surface area contributed by atoms with Crippen molar-refractivity contribution in [3.05, 3.63) is 33.6 Å². The number of halogens is 1. The van der Waals surface area contributed by atoms with Crippen molar-refractivity contribution < 1.29 is 24.3 Å². The monoisotopic (exact) mass is 298 g/mol. The Morgan fingerprint density at radius 1 is 1.52 bits per heavy atom. The van der Waals surface area contributed by atoms with Gasteiger partial charge in [-0.2, -0.15) is 0 Å². The highest BCUT2D eigenvalue weighted by Crippen LogP contribution is 2.34. The SMILES string of the molecule is CC1(O)CCCN(c2cc(F)c(C(=O)O)cc2[N+](=O)[O-])C1. The van der Waals surface area contributed by atoms with Crippen molar-refractivity contribution in [3.63, 3.8) is 0 Å². The summed E-state index contributed by atoms with van der Waals surface area (Å²) in [6, 6.07) is 1.57. The second kappa shape index (κ2) is 5.28. The predicted molar refractivity (Wildman–Crippen MR) is 72.1 cm³/mol. The summed E-state index contributed by atoms with van der Waals surface area (Å²) in [5.74, 6) is -2.60. The maximum Gasteiger partial charge on any atom is 0.338 e. The van der Waals surface area contributed by atoms with Crippen LogP contribution in [0.2, 0.25) is 0 Å². The van der Waals surface area contributed by atoms with Crippen molar-refractivity contribution in [2.24, 2.45) is 0 Å². The lowest BCUT2D eigenvalue weighted by Crippen LogP contribution is -2.46. The molecule has 2 N–H and O–H groups in total. The van der Waals surface area contributed by atoms with E-state index in [9.17, 15) is 24.4 Å². The Bertz CT molecular complexity index is 602. The normalized spacial score (nSPS) is 22.1. The highest BCUT2D eigenvalue weighted by Gasteiger charge is 2.33. The molecule has 1 atom stereocenters. The number of rotatable bonds is 3. The average molecular weight is 298 g/mol. The van der Waals surface area contributed by atoms with Gasteiger partial charge < -0.3 is 15.1 Å². The third kappa shape index (κ3) is 3.10. The zero-order valence-corrected chi connectivity index (χ0v) is 11.4. The highest BCUT2D eigenvalue weighted by atomic mass is 19.1. The molecule has 1 aliphatic heterocycles. The molecule has 0 spiro atoms. The summed E-state index contributed by atoms with van der Waals surface area (Å²) in [4.78, 5) is 22.7. The van der Waals surface area contributed by atoms with Crippen molar-refractivity contribution in [1.29, 1.82) is 0 Å². The minimum absolute atomic E-state index is 0.0116. The molecule has 0 bridgehead atoms. The summed E-state index contributed by atoms with van der Waals surface area (Å²) in [5, 5.41) is 30.0. The molecule has 1 fully saturated rings. The number of anilines is 1. The van der Waals surface area contributed by atoms with Crippen LogP contribution in [-0.4, -0.2) is 39.8 Å². The van der Waals surface area contributed by atoms with Crippen LogP contribution in [0.15, 0.2) is 12.1 Å². The number of piperidine rings is 1. The number of carboxylic acids is 1. The first-order valence-corrected chi connectivity index (χ1v) is 6.40. The lowest BCUT2D eigenvalue weighted by atomic mass is 9.94. The molecule has 0 aromatic heterocycles. The Kier molecular flexibility index (Phi) is 3.82. The number of aliphatic hydroxyl groups is 1. The number of hydrogen-bond acceptors (Lipinski definition) is 5. The molecule has 2 rings (SSSR count). The van der Waals surface area contributed by atoms with Crippen molar-refractivity contribution in [2.75, 3.05) is 18.0 Å². The van der Waals surface area contributed by atoms with E-state index in [0.717, 1.165) is 12.1 Å². The summed E-state index contributed by atoms with van der Waals surface area (Å²) < 4.78 is 13.8. The van der Waals surface area contributed by atoms with Crippen molar-refractivity contribution in [2.45, 2.75) is 25.4 Å². The molecule has 1 unspecified atom stereocenters. The van der Waals surface area contributed by atoms with E-state index in [-0.39, 0.29) is 12.2 Å². The van der Waals surface area contributed by atoms with Crippen LogP contribution in [-0.2, 0) is 0 Å². The van der Waals surface area contributed by atoms with Gasteiger partial charge in [-0.3, -0.25) is 10.1 Å². The summed E-state index contributed by atoms with van der Waals surface area (Å²) in [7, 11) is 0. The molecule has 1 aliphatic rings. The molecule has 0 amide bonds. The van der Waals surface area contributed by atoms with Crippen LogP contribution in [0.4, 0.5) is 15.8 Å². The first kappa shape index (κ1) is 15.2. The van der Waals surface area contributed by atoms with Crippen LogP contribution in [0, 0.1) is 15.9 Å². The van der Waals surface area contributed by atoms with E-state index < -0.39 is 33.6 Å². The lowest BCUT2D eigenvalue weighted by Gasteiger charge is -2.37. The fourth-order valence-electron chi connectivity index (χ4n) is 2.54. The molecule has 114 valence electrons. The van der Waals surface area contributed by atoms with Crippen LogP contribution >= 0.6 is 0 Å². The van der Waals surface area contributed by atoms with E-state index in [2.05, 4.69) is 0 Å². The van der Waals surface area contributed by atoms with Crippen LogP contribution in [0.5, 0.6) is 0 Å². The molecule has 1 heterocycles. The smallest absolute Gasteiger partial charge is 0.338 e. The van der Waals surface area contributed by atoms with E-state index in [1.807, 2.05) is 0 Å². The molecule has 1 aromatic rings. The number of nitrogens with zero attached hydrogens (tertiary/aromatic N) is 2. The van der Waals surface area contributed by atoms with Gasteiger partial charge in [-0.15, -0.1) is 0 Å². The number of carbonyl (C=O) groups is 1. The maximum atomic E-state index is 13.8. The van der Waals surface area contributed by atoms with E-state index in [1.165, 1.54) is 4.90 Å². The van der Waals surface area contributed by atoms with Crippen LogP contribution < -0.4 is 4.90 Å². The number of nitro groups is 1. The van der Waals surface area contributed by atoms with E-state index >= 15 is 0 Å². The molecule has 7 nitrogen and oxygen atoms in total. The molecular weight excluding hydrogens is 283 g/mol. The standard InChI is InChI=1S/C13H15FN2O5/c1-13(19)3-2-4-15(7-13)10-6-9(14)8(12(17)18)5-11(10)16(20)21/h5-6,19H,2-4,7H2,1H3,(H,17,18). The average Bonchev–Trinajstić information content (AvgIpc) is 2.36. The fraction of sp³-hybridized carbons (Fsp3) is 0.462. The second-order valence-corrected chi connectivity index (χ2v) is 5.41. The van der Waals surface area contributed by atoms with Gasteiger partial charge >= 0.3 is 5.97 Å². The molecule has 0 radical (unpaired) electrons. The van der Waals surface area contributed by atoms with Gasteiger partial charge in [-0.25, -0.2) is 9.18 Å². The summed E-state index contributed by atoms with van der Waals surface area (Å²) >= 11 is 0. The molecule has 0 aliphatic carbocycles.